The largest absolute Gasteiger partial charge is 0.411 e. The summed E-state index contributed by atoms with van der Waals surface area (Å²) in [6.45, 7) is -2.27. The molecule has 126 valence electrons. The van der Waals surface area contributed by atoms with Crippen molar-refractivity contribution in [1.82, 2.24) is 9.78 Å². The molecule has 0 saturated carbocycles. The summed E-state index contributed by atoms with van der Waals surface area (Å²) in [5, 5.41) is 17.6. The number of alkyl halides is 3. The summed E-state index contributed by atoms with van der Waals surface area (Å²) in [5.41, 5.74) is 0.597. The molecule has 2 aromatic heterocycles. The normalized spacial score (nSPS) is 11.7. The summed E-state index contributed by atoms with van der Waals surface area (Å²) in [7, 11) is 0. The molecule has 0 aliphatic rings. The minimum Gasteiger partial charge on any atom is -0.394 e. The number of halogens is 3. The second kappa shape index (κ2) is 7.57. The first-order valence-corrected chi connectivity index (χ1v) is 7.44. The van der Waals surface area contributed by atoms with Crippen molar-refractivity contribution in [3.8, 4) is 10.6 Å². The SMILES string of the molecule is O=C(COCC(F)(F)F)Nc1cc(-c2cccs2)nn1CCO. The van der Waals surface area contributed by atoms with Crippen LogP contribution in [0, 0.1) is 0 Å². The standard InChI is InChI=1S/C13H14F3N3O3S/c14-13(15,16)8-22-7-12(21)17-11-6-9(10-2-1-5-23-10)18-19(11)3-4-20/h1-2,5-6,20H,3-4,7-8H2,(H,17,21). The first-order valence-electron chi connectivity index (χ1n) is 6.56. The summed E-state index contributed by atoms with van der Waals surface area (Å²) in [4.78, 5) is 12.5. The van der Waals surface area contributed by atoms with Crippen LogP contribution in [-0.2, 0) is 16.1 Å². The lowest BCUT2D eigenvalue weighted by Crippen LogP contribution is -2.25. The molecule has 2 N–H and O–H groups in total. The Balaban J connectivity index is 2.01. The summed E-state index contributed by atoms with van der Waals surface area (Å²) in [6, 6.07) is 5.27. The van der Waals surface area contributed by atoms with Crippen molar-refractivity contribution in [2.75, 3.05) is 25.1 Å². The predicted octanol–water partition coefficient (Wildman–Crippen LogP) is 2.12. The zero-order valence-electron chi connectivity index (χ0n) is 11.8. The van der Waals surface area contributed by atoms with Gasteiger partial charge in [0, 0.05) is 6.07 Å². The molecule has 0 radical (unpaired) electrons. The van der Waals surface area contributed by atoms with E-state index in [2.05, 4.69) is 15.2 Å². The van der Waals surface area contributed by atoms with E-state index < -0.39 is 25.3 Å². The van der Waals surface area contributed by atoms with Crippen molar-refractivity contribution < 1.29 is 27.8 Å². The number of aliphatic hydroxyl groups excluding tert-OH is 1. The molecular formula is C13H14F3N3O3S. The second-order valence-electron chi connectivity index (χ2n) is 4.50. The highest BCUT2D eigenvalue weighted by molar-refractivity contribution is 7.13. The number of carbonyl (C=O) groups is 1. The molecule has 0 bridgehead atoms. The Morgan fingerprint density at radius 2 is 2.26 bits per heavy atom. The molecule has 1 amide bonds. The van der Waals surface area contributed by atoms with E-state index in [9.17, 15) is 18.0 Å². The lowest BCUT2D eigenvalue weighted by atomic mass is 10.3. The van der Waals surface area contributed by atoms with Crippen molar-refractivity contribution in [3.63, 3.8) is 0 Å². The van der Waals surface area contributed by atoms with Crippen LogP contribution < -0.4 is 5.32 Å². The fraction of sp³-hybridized carbons (Fsp3) is 0.385. The van der Waals surface area contributed by atoms with Crippen LogP contribution in [0.2, 0.25) is 0 Å². The molecule has 0 unspecified atom stereocenters. The third kappa shape index (κ3) is 5.34. The molecular weight excluding hydrogens is 335 g/mol. The highest BCUT2D eigenvalue weighted by Crippen LogP contribution is 2.26. The molecule has 0 atom stereocenters. The topological polar surface area (TPSA) is 76.4 Å². The maximum absolute atomic E-state index is 12.0. The highest BCUT2D eigenvalue weighted by atomic mass is 32.1. The Labute approximate surface area is 133 Å². The van der Waals surface area contributed by atoms with Gasteiger partial charge in [-0.1, -0.05) is 6.07 Å². The molecule has 10 heteroatoms. The average molecular weight is 349 g/mol. The van der Waals surface area contributed by atoms with Crippen molar-refractivity contribution in [2.24, 2.45) is 0 Å². The number of thiophene rings is 1. The van der Waals surface area contributed by atoms with Crippen LogP contribution in [0.3, 0.4) is 0 Å². The number of hydrogen-bond acceptors (Lipinski definition) is 5. The number of rotatable bonds is 7. The monoisotopic (exact) mass is 349 g/mol. The number of hydrogen-bond donors (Lipinski definition) is 2. The molecule has 23 heavy (non-hydrogen) atoms. The van der Waals surface area contributed by atoms with Gasteiger partial charge in [-0.25, -0.2) is 4.68 Å². The fourth-order valence-electron chi connectivity index (χ4n) is 1.77. The molecule has 2 heterocycles. The van der Waals surface area contributed by atoms with E-state index in [0.29, 0.717) is 5.69 Å². The Morgan fingerprint density at radius 1 is 1.48 bits per heavy atom. The van der Waals surface area contributed by atoms with E-state index >= 15 is 0 Å². The van der Waals surface area contributed by atoms with Crippen LogP contribution >= 0.6 is 11.3 Å². The van der Waals surface area contributed by atoms with E-state index in [0.717, 1.165) is 4.88 Å². The number of amides is 1. The van der Waals surface area contributed by atoms with Gasteiger partial charge in [0.2, 0.25) is 0 Å². The summed E-state index contributed by atoms with van der Waals surface area (Å²) >= 11 is 1.45. The number of anilines is 1. The third-order valence-corrected chi connectivity index (χ3v) is 3.52. The zero-order valence-corrected chi connectivity index (χ0v) is 12.7. The molecule has 0 fully saturated rings. The molecule has 2 rings (SSSR count). The fourth-order valence-corrected chi connectivity index (χ4v) is 2.45. The van der Waals surface area contributed by atoms with Crippen LogP contribution in [0.15, 0.2) is 23.6 Å². The minimum absolute atomic E-state index is 0.143. The zero-order chi connectivity index (χ0) is 16.9. The molecule has 0 aliphatic carbocycles. The van der Waals surface area contributed by atoms with E-state index in [-0.39, 0.29) is 19.0 Å². The number of nitrogens with zero attached hydrogens (tertiary/aromatic N) is 2. The van der Waals surface area contributed by atoms with Crippen LogP contribution in [0.25, 0.3) is 10.6 Å². The Morgan fingerprint density at radius 3 is 2.87 bits per heavy atom. The molecule has 0 aliphatic heterocycles. The van der Waals surface area contributed by atoms with Crippen LogP contribution in [0.4, 0.5) is 19.0 Å². The summed E-state index contributed by atoms with van der Waals surface area (Å²) in [6.07, 6.45) is -4.48. The second-order valence-corrected chi connectivity index (χ2v) is 5.44. The first-order chi connectivity index (χ1) is 10.9. The van der Waals surface area contributed by atoms with E-state index in [1.807, 2.05) is 17.5 Å². The molecule has 0 spiro atoms. The van der Waals surface area contributed by atoms with E-state index in [1.165, 1.54) is 16.0 Å². The van der Waals surface area contributed by atoms with Gasteiger partial charge in [0.05, 0.1) is 18.0 Å². The number of aliphatic hydroxyl groups is 1. The maximum atomic E-state index is 12.0. The number of nitrogens with one attached hydrogen (secondary N) is 1. The van der Waals surface area contributed by atoms with E-state index in [4.69, 9.17) is 5.11 Å². The van der Waals surface area contributed by atoms with Gasteiger partial charge in [-0.05, 0) is 11.4 Å². The first kappa shape index (κ1) is 17.4. The third-order valence-electron chi connectivity index (χ3n) is 2.63. The Hall–Kier alpha value is -1.91. The average Bonchev–Trinajstić information content (AvgIpc) is 3.08. The molecule has 6 nitrogen and oxygen atoms in total. The van der Waals surface area contributed by atoms with Gasteiger partial charge >= 0.3 is 6.18 Å². The minimum atomic E-state index is -4.48. The van der Waals surface area contributed by atoms with Crippen molar-refractivity contribution in [2.45, 2.75) is 12.7 Å². The van der Waals surface area contributed by atoms with Gasteiger partial charge in [-0.3, -0.25) is 4.79 Å². The molecule has 0 aromatic carbocycles. The van der Waals surface area contributed by atoms with Gasteiger partial charge in [-0.15, -0.1) is 11.3 Å². The maximum Gasteiger partial charge on any atom is 0.411 e. The quantitative estimate of drug-likeness (QED) is 0.803. The molecule has 0 saturated heterocycles. The summed E-state index contributed by atoms with van der Waals surface area (Å²) in [5.74, 6) is -0.450. The van der Waals surface area contributed by atoms with Gasteiger partial charge < -0.3 is 15.2 Å². The lowest BCUT2D eigenvalue weighted by Gasteiger charge is -2.09. The lowest BCUT2D eigenvalue weighted by molar-refractivity contribution is -0.174. The van der Waals surface area contributed by atoms with Crippen molar-refractivity contribution in [3.05, 3.63) is 23.6 Å². The summed E-state index contributed by atoms with van der Waals surface area (Å²) < 4.78 is 41.5. The van der Waals surface area contributed by atoms with Crippen LogP contribution in [-0.4, -0.2) is 46.8 Å². The number of ether oxygens (including phenoxy) is 1. The Bertz CT molecular complexity index is 641. The van der Waals surface area contributed by atoms with Crippen LogP contribution in [0.1, 0.15) is 0 Å². The smallest absolute Gasteiger partial charge is 0.394 e. The predicted molar refractivity (Wildman–Crippen MR) is 78.1 cm³/mol. The van der Waals surface area contributed by atoms with Gasteiger partial charge in [0.15, 0.2) is 0 Å². The number of carbonyl (C=O) groups excluding carboxylic acids is 1. The van der Waals surface area contributed by atoms with Crippen molar-refractivity contribution >= 4 is 23.1 Å². The Kier molecular flexibility index (Phi) is 5.74. The van der Waals surface area contributed by atoms with E-state index in [1.54, 1.807) is 6.07 Å². The van der Waals surface area contributed by atoms with Crippen molar-refractivity contribution in [1.29, 1.82) is 0 Å². The van der Waals surface area contributed by atoms with Gasteiger partial charge in [0.25, 0.3) is 5.91 Å². The van der Waals surface area contributed by atoms with Gasteiger partial charge in [-0.2, -0.15) is 18.3 Å². The van der Waals surface area contributed by atoms with Crippen LogP contribution in [0.5, 0.6) is 0 Å². The highest BCUT2D eigenvalue weighted by Gasteiger charge is 2.27. The number of aromatic nitrogens is 2. The molecule has 2 aromatic rings. The van der Waals surface area contributed by atoms with Gasteiger partial charge in [0.1, 0.15) is 24.7 Å².